The summed E-state index contributed by atoms with van der Waals surface area (Å²) in [4.78, 5) is 16.8. The second-order valence-electron chi connectivity index (χ2n) is 4.89. The Labute approximate surface area is 133 Å². The predicted molar refractivity (Wildman–Crippen MR) is 84.8 cm³/mol. The first-order valence-electron chi connectivity index (χ1n) is 6.87. The van der Waals surface area contributed by atoms with Crippen LogP contribution < -0.4 is 0 Å². The second-order valence-corrected chi connectivity index (χ2v) is 7.67. The minimum Gasteiger partial charge on any atom is -0.379 e. The molecule has 0 spiro atoms. The van der Waals surface area contributed by atoms with E-state index < -0.39 is 15.7 Å². The van der Waals surface area contributed by atoms with Crippen LogP contribution in [0.5, 0.6) is 0 Å². The Balaban J connectivity index is 1.69. The van der Waals surface area contributed by atoms with E-state index in [4.69, 9.17) is 4.74 Å². The number of hydrogen-bond donors (Lipinski definition) is 0. The highest BCUT2D eigenvalue weighted by Crippen LogP contribution is 2.27. The molecule has 1 fully saturated rings. The number of aromatic nitrogens is 1. The van der Waals surface area contributed by atoms with Crippen LogP contribution in [0.15, 0.2) is 22.5 Å². The van der Waals surface area contributed by atoms with Gasteiger partial charge in [-0.3, -0.25) is 19.2 Å². The first-order valence-corrected chi connectivity index (χ1v) is 9.00. The van der Waals surface area contributed by atoms with Crippen LogP contribution in [0.2, 0.25) is 0 Å². The molecule has 9 heteroatoms. The Hall–Kier alpha value is -1.42. The summed E-state index contributed by atoms with van der Waals surface area (Å²) >= 11 is 1.34. The SMILES string of the molecule is O=[N+]([O-])c1ccc2sc(S(=O)CCN3CCOCC3)nc2c1. The van der Waals surface area contributed by atoms with Crippen LogP contribution in [0.4, 0.5) is 5.69 Å². The average Bonchev–Trinajstić information content (AvgIpc) is 2.96. The van der Waals surface area contributed by atoms with E-state index in [0.717, 1.165) is 37.5 Å². The lowest BCUT2D eigenvalue weighted by molar-refractivity contribution is -0.384. The van der Waals surface area contributed by atoms with Crippen molar-refractivity contribution in [1.82, 2.24) is 9.88 Å². The van der Waals surface area contributed by atoms with Gasteiger partial charge < -0.3 is 4.74 Å². The van der Waals surface area contributed by atoms with E-state index in [1.54, 1.807) is 6.07 Å². The lowest BCUT2D eigenvalue weighted by Gasteiger charge is -2.25. The highest BCUT2D eigenvalue weighted by Gasteiger charge is 2.16. The summed E-state index contributed by atoms with van der Waals surface area (Å²) < 4.78 is 19.0. The number of ether oxygens (including phenoxy) is 1. The van der Waals surface area contributed by atoms with Gasteiger partial charge in [-0.2, -0.15) is 0 Å². The largest absolute Gasteiger partial charge is 0.379 e. The lowest BCUT2D eigenvalue weighted by Crippen LogP contribution is -2.38. The van der Waals surface area contributed by atoms with Gasteiger partial charge in [-0.15, -0.1) is 11.3 Å². The minimum absolute atomic E-state index is 0.00319. The van der Waals surface area contributed by atoms with Crippen LogP contribution in [-0.2, 0) is 15.5 Å². The predicted octanol–water partition coefficient (Wildman–Crippen LogP) is 1.64. The van der Waals surface area contributed by atoms with E-state index in [0.29, 0.717) is 15.6 Å². The average molecular weight is 341 g/mol. The van der Waals surface area contributed by atoms with Crippen molar-refractivity contribution in [2.45, 2.75) is 4.34 Å². The summed E-state index contributed by atoms with van der Waals surface area (Å²) in [6.07, 6.45) is 0. The maximum atomic E-state index is 12.3. The topological polar surface area (TPSA) is 85.6 Å². The molecule has 0 bridgehead atoms. The van der Waals surface area contributed by atoms with Gasteiger partial charge in [0, 0.05) is 37.5 Å². The minimum atomic E-state index is -1.18. The Bertz CT molecular complexity index is 712. The van der Waals surface area contributed by atoms with Gasteiger partial charge in [0.05, 0.1) is 39.2 Å². The Morgan fingerprint density at radius 1 is 1.41 bits per heavy atom. The number of thiazole rings is 1. The van der Waals surface area contributed by atoms with Gasteiger partial charge in [0.2, 0.25) is 0 Å². The summed E-state index contributed by atoms with van der Waals surface area (Å²) in [6.45, 7) is 3.91. The molecule has 3 rings (SSSR count). The molecular formula is C13H15N3O4S2. The molecule has 0 N–H and O–H groups in total. The van der Waals surface area contributed by atoms with Crippen molar-refractivity contribution in [3.63, 3.8) is 0 Å². The molecule has 1 saturated heterocycles. The zero-order valence-corrected chi connectivity index (χ0v) is 13.4. The second kappa shape index (κ2) is 6.78. The number of morpholine rings is 1. The summed E-state index contributed by atoms with van der Waals surface area (Å²) in [5.41, 5.74) is 0.539. The maximum absolute atomic E-state index is 12.3. The third-order valence-electron chi connectivity index (χ3n) is 3.45. The lowest BCUT2D eigenvalue weighted by atomic mass is 10.3. The van der Waals surface area contributed by atoms with E-state index in [9.17, 15) is 14.3 Å². The number of nitro groups is 1. The van der Waals surface area contributed by atoms with Crippen LogP contribution in [0, 0.1) is 10.1 Å². The number of benzene rings is 1. The van der Waals surface area contributed by atoms with Gasteiger partial charge in [-0.1, -0.05) is 0 Å². The zero-order valence-electron chi connectivity index (χ0n) is 11.8. The van der Waals surface area contributed by atoms with Gasteiger partial charge in [0.1, 0.15) is 0 Å². The Morgan fingerprint density at radius 3 is 2.91 bits per heavy atom. The molecule has 2 heterocycles. The highest BCUT2D eigenvalue weighted by molar-refractivity contribution is 7.87. The van der Waals surface area contributed by atoms with E-state index in [-0.39, 0.29) is 5.69 Å². The van der Waals surface area contributed by atoms with Gasteiger partial charge in [-0.25, -0.2) is 4.98 Å². The molecule has 2 aromatic rings. The van der Waals surface area contributed by atoms with Crippen molar-refractivity contribution in [2.24, 2.45) is 0 Å². The number of non-ortho nitro benzene ring substituents is 1. The molecule has 1 aromatic heterocycles. The zero-order chi connectivity index (χ0) is 15.5. The fraction of sp³-hybridized carbons (Fsp3) is 0.462. The number of fused-ring (bicyclic) bond motifs is 1. The number of rotatable bonds is 5. The third-order valence-corrected chi connectivity index (χ3v) is 6.13. The molecule has 0 radical (unpaired) electrons. The summed E-state index contributed by atoms with van der Waals surface area (Å²) in [7, 11) is -1.18. The maximum Gasteiger partial charge on any atom is 0.271 e. The molecule has 0 saturated carbocycles. The van der Waals surface area contributed by atoms with Crippen molar-refractivity contribution >= 4 is 38.0 Å². The Kier molecular flexibility index (Phi) is 4.77. The van der Waals surface area contributed by atoms with Crippen molar-refractivity contribution in [3.8, 4) is 0 Å². The molecule has 1 aliphatic rings. The molecule has 1 aliphatic heterocycles. The van der Waals surface area contributed by atoms with Crippen molar-refractivity contribution in [1.29, 1.82) is 0 Å². The Morgan fingerprint density at radius 2 is 2.18 bits per heavy atom. The number of nitrogens with zero attached hydrogens (tertiary/aromatic N) is 3. The normalized spacial score (nSPS) is 17.6. The van der Waals surface area contributed by atoms with Crippen LogP contribution >= 0.6 is 11.3 Å². The number of nitro benzene ring substituents is 1. The first kappa shape index (κ1) is 15.5. The molecule has 0 aliphatic carbocycles. The molecule has 118 valence electrons. The standard InChI is InChI=1S/C13H15N3O4S2/c17-16(18)10-1-2-12-11(9-10)14-13(21-12)22(19)8-5-15-3-6-20-7-4-15/h1-2,9H,3-8H2. The van der Waals surface area contributed by atoms with Crippen molar-refractivity contribution in [2.75, 3.05) is 38.6 Å². The highest BCUT2D eigenvalue weighted by atomic mass is 32.2. The third kappa shape index (κ3) is 3.49. The summed E-state index contributed by atoms with van der Waals surface area (Å²) in [5.74, 6) is 0.516. The van der Waals surface area contributed by atoms with Crippen LogP contribution in [0.1, 0.15) is 0 Å². The van der Waals surface area contributed by atoms with Crippen LogP contribution in [-0.4, -0.2) is 57.6 Å². The summed E-state index contributed by atoms with van der Waals surface area (Å²) in [5, 5.41) is 10.8. The van der Waals surface area contributed by atoms with Gasteiger partial charge in [0.15, 0.2) is 4.34 Å². The van der Waals surface area contributed by atoms with Crippen LogP contribution in [0.3, 0.4) is 0 Å². The summed E-state index contributed by atoms with van der Waals surface area (Å²) in [6, 6.07) is 4.53. The number of hydrogen-bond acceptors (Lipinski definition) is 7. The monoisotopic (exact) mass is 341 g/mol. The van der Waals surface area contributed by atoms with E-state index >= 15 is 0 Å². The van der Waals surface area contributed by atoms with Gasteiger partial charge in [0.25, 0.3) is 5.69 Å². The van der Waals surface area contributed by atoms with E-state index in [1.807, 2.05) is 0 Å². The van der Waals surface area contributed by atoms with Crippen LogP contribution in [0.25, 0.3) is 10.2 Å². The first-order chi connectivity index (χ1) is 10.6. The molecule has 1 atom stereocenters. The van der Waals surface area contributed by atoms with Gasteiger partial charge in [-0.05, 0) is 6.07 Å². The fourth-order valence-electron chi connectivity index (χ4n) is 2.23. The fourth-order valence-corrected chi connectivity index (χ4v) is 4.60. The van der Waals surface area contributed by atoms with E-state index in [2.05, 4.69) is 9.88 Å². The smallest absolute Gasteiger partial charge is 0.271 e. The molecule has 22 heavy (non-hydrogen) atoms. The van der Waals surface area contributed by atoms with Crippen molar-refractivity contribution < 1.29 is 13.9 Å². The molecule has 1 aromatic carbocycles. The molecule has 1 unspecified atom stereocenters. The molecule has 7 nitrogen and oxygen atoms in total. The molecule has 0 amide bonds. The molecular weight excluding hydrogens is 326 g/mol. The quantitative estimate of drug-likeness (QED) is 0.607. The van der Waals surface area contributed by atoms with Crippen molar-refractivity contribution in [3.05, 3.63) is 28.3 Å². The van der Waals surface area contributed by atoms with Gasteiger partial charge >= 0.3 is 0 Å². The van der Waals surface area contributed by atoms with E-state index in [1.165, 1.54) is 23.5 Å².